The molecule has 7 heteroatoms. The van der Waals surface area contributed by atoms with Gasteiger partial charge >= 0.3 is 0 Å². The first kappa shape index (κ1) is 14.5. The molecular formula is C14H21N3O4. The molecule has 0 spiro atoms. The van der Waals surface area contributed by atoms with Crippen LogP contribution >= 0.6 is 0 Å². The van der Waals surface area contributed by atoms with Crippen LogP contribution in [0, 0.1) is 11.8 Å². The minimum absolute atomic E-state index is 0.0586. The molecule has 0 unspecified atom stereocenters. The van der Waals surface area contributed by atoms with E-state index in [-0.39, 0.29) is 29.9 Å². The molecule has 0 aromatic heterocycles. The lowest BCUT2D eigenvalue weighted by Crippen LogP contribution is -2.63. The average Bonchev–Trinajstić information content (AvgIpc) is 2.89. The van der Waals surface area contributed by atoms with Gasteiger partial charge in [0.1, 0.15) is 5.71 Å². The number of ether oxygens (including phenoxy) is 2. The summed E-state index contributed by atoms with van der Waals surface area (Å²) in [5.41, 5.74) is 0.427. The molecule has 0 bridgehead atoms. The number of hydrogen-bond acceptors (Lipinski definition) is 5. The first-order chi connectivity index (χ1) is 10.1. The van der Waals surface area contributed by atoms with E-state index in [1.165, 1.54) is 5.01 Å². The van der Waals surface area contributed by atoms with Crippen molar-refractivity contribution in [1.29, 1.82) is 0 Å². The molecular weight excluding hydrogens is 274 g/mol. The van der Waals surface area contributed by atoms with E-state index < -0.39 is 0 Å². The minimum Gasteiger partial charge on any atom is -0.384 e. The lowest BCUT2D eigenvalue weighted by Gasteiger charge is -2.47. The third kappa shape index (κ3) is 2.55. The number of nitrogens with one attached hydrogen (secondary N) is 1. The molecule has 4 atom stereocenters. The zero-order chi connectivity index (χ0) is 15.0. The van der Waals surface area contributed by atoms with E-state index in [2.05, 4.69) is 10.4 Å². The fraction of sp³-hybridized carbons (Fsp3) is 0.786. The predicted molar refractivity (Wildman–Crippen MR) is 74.6 cm³/mol. The van der Waals surface area contributed by atoms with Crippen molar-refractivity contribution in [3.63, 3.8) is 0 Å². The lowest BCUT2D eigenvalue weighted by atomic mass is 9.67. The summed E-state index contributed by atoms with van der Waals surface area (Å²) >= 11 is 0. The standard InChI is InChI=1S/C14H21N3O4/c1-17-11(18)4-3-10(16-17)14(19)15-12-8-5-6-21-13(8)9(12)7-20-2/h8-9,12-13H,3-7H2,1-2H3,(H,15,19)/t8-,9+,12+,13-/m0/s1. The van der Waals surface area contributed by atoms with Crippen LogP contribution in [0.15, 0.2) is 5.10 Å². The number of hydrazone groups is 1. The van der Waals surface area contributed by atoms with Crippen LogP contribution < -0.4 is 5.32 Å². The van der Waals surface area contributed by atoms with E-state index in [4.69, 9.17) is 9.47 Å². The van der Waals surface area contributed by atoms with Gasteiger partial charge in [-0.2, -0.15) is 5.10 Å². The summed E-state index contributed by atoms with van der Waals surface area (Å²) in [5, 5.41) is 8.36. The van der Waals surface area contributed by atoms with Crippen LogP contribution in [0.3, 0.4) is 0 Å². The highest BCUT2D eigenvalue weighted by Crippen LogP contribution is 2.43. The topological polar surface area (TPSA) is 80.2 Å². The Balaban J connectivity index is 1.64. The number of carbonyl (C=O) groups excluding carboxylic acids is 2. The quantitative estimate of drug-likeness (QED) is 0.776. The van der Waals surface area contributed by atoms with Gasteiger partial charge in [0.15, 0.2) is 0 Å². The molecule has 0 radical (unpaired) electrons. The number of methoxy groups -OCH3 is 1. The van der Waals surface area contributed by atoms with Crippen LogP contribution in [-0.2, 0) is 19.1 Å². The molecule has 1 saturated heterocycles. The Morgan fingerprint density at radius 3 is 3.05 bits per heavy atom. The van der Waals surface area contributed by atoms with Crippen molar-refractivity contribution in [3.05, 3.63) is 0 Å². The first-order valence-corrected chi connectivity index (χ1v) is 7.37. The second kappa shape index (κ2) is 5.73. The zero-order valence-electron chi connectivity index (χ0n) is 12.4. The van der Waals surface area contributed by atoms with Gasteiger partial charge in [-0.15, -0.1) is 0 Å². The smallest absolute Gasteiger partial charge is 0.267 e. The molecule has 1 N–H and O–H groups in total. The van der Waals surface area contributed by atoms with E-state index in [1.54, 1.807) is 14.2 Å². The van der Waals surface area contributed by atoms with Crippen molar-refractivity contribution in [2.24, 2.45) is 16.9 Å². The van der Waals surface area contributed by atoms with Crippen molar-refractivity contribution < 1.29 is 19.1 Å². The van der Waals surface area contributed by atoms with Crippen molar-refractivity contribution in [2.45, 2.75) is 31.4 Å². The number of fused-ring (bicyclic) bond motifs is 1. The number of carbonyl (C=O) groups is 2. The van der Waals surface area contributed by atoms with Gasteiger partial charge in [0, 0.05) is 51.5 Å². The summed E-state index contributed by atoms with van der Waals surface area (Å²) < 4.78 is 10.9. The van der Waals surface area contributed by atoms with E-state index in [0.717, 1.165) is 13.0 Å². The average molecular weight is 295 g/mol. The maximum Gasteiger partial charge on any atom is 0.267 e. The van der Waals surface area contributed by atoms with Crippen LogP contribution in [0.2, 0.25) is 0 Å². The molecule has 1 saturated carbocycles. The molecule has 0 aromatic rings. The maximum absolute atomic E-state index is 12.3. The van der Waals surface area contributed by atoms with Crippen LogP contribution in [-0.4, -0.2) is 62.1 Å². The Morgan fingerprint density at radius 1 is 1.52 bits per heavy atom. The van der Waals surface area contributed by atoms with Gasteiger partial charge in [0.05, 0.1) is 12.7 Å². The molecule has 2 fully saturated rings. The SMILES string of the molecule is COC[C@@H]1[C@H](NC(=O)C2=NN(C)C(=O)CC2)[C@@H]2CCO[C@H]12. The molecule has 3 rings (SSSR count). The highest BCUT2D eigenvalue weighted by Gasteiger charge is 2.54. The zero-order valence-corrected chi connectivity index (χ0v) is 12.4. The first-order valence-electron chi connectivity index (χ1n) is 7.37. The number of rotatable bonds is 4. The summed E-state index contributed by atoms with van der Waals surface area (Å²) in [7, 11) is 3.24. The van der Waals surface area contributed by atoms with Crippen LogP contribution in [0.1, 0.15) is 19.3 Å². The second-order valence-electron chi connectivity index (χ2n) is 5.87. The Labute approximate surface area is 123 Å². The van der Waals surface area contributed by atoms with Gasteiger partial charge < -0.3 is 14.8 Å². The molecule has 0 aromatic carbocycles. The maximum atomic E-state index is 12.3. The van der Waals surface area contributed by atoms with Gasteiger partial charge in [-0.1, -0.05) is 0 Å². The van der Waals surface area contributed by atoms with Gasteiger partial charge in [0.25, 0.3) is 5.91 Å². The highest BCUT2D eigenvalue weighted by molar-refractivity contribution is 6.39. The molecule has 1 aliphatic carbocycles. The minimum atomic E-state index is -0.175. The second-order valence-corrected chi connectivity index (χ2v) is 5.87. The van der Waals surface area contributed by atoms with E-state index in [9.17, 15) is 9.59 Å². The molecule has 21 heavy (non-hydrogen) atoms. The molecule has 2 amide bonds. The Hall–Kier alpha value is -1.47. The summed E-state index contributed by atoms with van der Waals surface area (Å²) in [6.07, 6.45) is 1.92. The molecule has 7 nitrogen and oxygen atoms in total. The van der Waals surface area contributed by atoms with Gasteiger partial charge in [-0.05, 0) is 6.42 Å². The molecule has 116 valence electrons. The fourth-order valence-corrected chi connectivity index (χ4v) is 3.50. The number of amides is 2. The van der Waals surface area contributed by atoms with Gasteiger partial charge in [0.2, 0.25) is 5.91 Å². The summed E-state index contributed by atoms with van der Waals surface area (Å²) in [6, 6.07) is 0.0792. The summed E-state index contributed by atoms with van der Waals surface area (Å²) in [4.78, 5) is 23.7. The van der Waals surface area contributed by atoms with Crippen LogP contribution in [0.25, 0.3) is 0 Å². The van der Waals surface area contributed by atoms with E-state index in [1.807, 2.05) is 0 Å². The van der Waals surface area contributed by atoms with Gasteiger partial charge in [-0.3, -0.25) is 9.59 Å². The Bertz CT molecular complexity index is 479. The fourth-order valence-electron chi connectivity index (χ4n) is 3.50. The van der Waals surface area contributed by atoms with E-state index in [0.29, 0.717) is 31.1 Å². The Morgan fingerprint density at radius 2 is 2.33 bits per heavy atom. The van der Waals surface area contributed by atoms with Crippen molar-refractivity contribution in [1.82, 2.24) is 10.3 Å². The van der Waals surface area contributed by atoms with Crippen molar-refractivity contribution >= 4 is 17.5 Å². The summed E-state index contributed by atoms with van der Waals surface area (Å²) in [5.74, 6) is 0.343. The number of hydrogen-bond donors (Lipinski definition) is 1. The van der Waals surface area contributed by atoms with Crippen LogP contribution in [0.5, 0.6) is 0 Å². The van der Waals surface area contributed by atoms with E-state index >= 15 is 0 Å². The van der Waals surface area contributed by atoms with Crippen molar-refractivity contribution in [3.8, 4) is 0 Å². The third-order valence-electron chi connectivity index (χ3n) is 4.65. The predicted octanol–water partition coefficient (Wildman–Crippen LogP) is -0.239. The number of nitrogens with zero attached hydrogens (tertiary/aromatic N) is 2. The van der Waals surface area contributed by atoms with Crippen LogP contribution in [0.4, 0.5) is 0 Å². The normalized spacial score (nSPS) is 35.0. The molecule has 2 aliphatic heterocycles. The monoisotopic (exact) mass is 295 g/mol. The van der Waals surface area contributed by atoms with Crippen molar-refractivity contribution in [2.75, 3.05) is 27.4 Å². The Kier molecular flexibility index (Phi) is 3.95. The molecule has 3 aliphatic rings. The largest absolute Gasteiger partial charge is 0.384 e. The summed E-state index contributed by atoms with van der Waals surface area (Å²) in [6.45, 7) is 1.33. The third-order valence-corrected chi connectivity index (χ3v) is 4.65. The van der Waals surface area contributed by atoms with Gasteiger partial charge in [-0.25, -0.2) is 5.01 Å². The highest BCUT2D eigenvalue weighted by atomic mass is 16.5. The lowest BCUT2D eigenvalue weighted by molar-refractivity contribution is -0.130. The molecule has 2 heterocycles.